The molecule has 0 aliphatic carbocycles. The number of hydrogen-bond donors (Lipinski definition) is 1. The lowest BCUT2D eigenvalue weighted by molar-refractivity contribution is -0.154. The van der Waals surface area contributed by atoms with Gasteiger partial charge in [-0.15, -0.1) is 0 Å². The zero-order chi connectivity index (χ0) is 12.5. The Morgan fingerprint density at radius 3 is 2.71 bits per heavy atom. The van der Waals surface area contributed by atoms with E-state index in [0.29, 0.717) is 6.54 Å². The van der Waals surface area contributed by atoms with Crippen LogP contribution in [0.3, 0.4) is 0 Å². The molecule has 6 heteroatoms. The molecule has 17 heavy (non-hydrogen) atoms. The molecule has 96 valence electrons. The second-order valence-corrected chi connectivity index (χ2v) is 4.22. The summed E-state index contributed by atoms with van der Waals surface area (Å²) in [6, 6.07) is 0. The van der Waals surface area contributed by atoms with Crippen molar-refractivity contribution in [2.24, 2.45) is 0 Å². The molecule has 0 radical (unpaired) electrons. The van der Waals surface area contributed by atoms with Gasteiger partial charge in [0.15, 0.2) is 5.89 Å². The van der Waals surface area contributed by atoms with Crippen molar-refractivity contribution in [2.45, 2.75) is 38.3 Å². The standard InChI is InChI=1S/C11H15F3N2O/c1-2-8-9(11(12,13)14)17-10(16-8)7-4-3-5-15-6-7/h7,15H,2-6H2,1H3. The molecule has 1 saturated heterocycles. The molecule has 1 aliphatic rings. The van der Waals surface area contributed by atoms with Crippen molar-refractivity contribution in [3.8, 4) is 0 Å². The molecule has 1 unspecified atom stereocenters. The Hall–Kier alpha value is -1.04. The largest absolute Gasteiger partial charge is 0.451 e. The molecule has 1 aromatic heterocycles. The van der Waals surface area contributed by atoms with E-state index in [-0.39, 0.29) is 23.9 Å². The second kappa shape index (κ2) is 4.68. The summed E-state index contributed by atoms with van der Waals surface area (Å²) in [5.74, 6) is -0.743. The Morgan fingerprint density at radius 1 is 1.47 bits per heavy atom. The molecular weight excluding hydrogens is 233 g/mol. The molecule has 1 fully saturated rings. The average molecular weight is 248 g/mol. The van der Waals surface area contributed by atoms with Gasteiger partial charge in [0, 0.05) is 12.5 Å². The number of nitrogens with one attached hydrogen (secondary N) is 1. The van der Waals surface area contributed by atoms with Crippen LogP contribution < -0.4 is 5.32 Å². The van der Waals surface area contributed by atoms with Gasteiger partial charge in [-0.05, 0) is 25.8 Å². The Bertz CT molecular complexity index is 381. The summed E-state index contributed by atoms with van der Waals surface area (Å²) in [7, 11) is 0. The normalized spacial score (nSPS) is 21.8. The third kappa shape index (κ3) is 2.62. The van der Waals surface area contributed by atoms with Crippen molar-refractivity contribution in [1.29, 1.82) is 0 Å². The number of oxazole rings is 1. The number of alkyl halides is 3. The number of halogens is 3. The maximum atomic E-state index is 12.7. The fourth-order valence-electron chi connectivity index (χ4n) is 2.07. The van der Waals surface area contributed by atoms with Gasteiger partial charge < -0.3 is 9.73 Å². The van der Waals surface area contributed by atoms with E-state index < -0.39 is 11.9 Å². The van der Waals surface area contributed by atoms with Gasteiger partial charge in [-0.3, -0.25) is 0 Å². The first kappa shape index (κ1) is 12.4. The van der Waals surface area contributed by atoms with Gasteiger partial charge in [0.1, 0.15) is 0 Å². The Labute approximate surface area is 97.4 Å². The van der Waals surface area contributed by atoms with Crippen LogP contribution in [0, 0.1) is 0 Å². The predicted octanol–water partition coefficient (Wildman–Crippen LogP) is 2.72. The lowest BCUT2D eigenvalue weighted by Gasteiger charge is -2.19. The highest BCUT2D eigenvalue weighted by Crippen LogP contribution is 2.35. The van der Waals surface area contributed by atoms with E-state index in [1.54, 1.807) is 6.92 Å². The van der Waals surface area contributed by atoms with Crippen LogP contribution in [-0.4, -0.2) is 18.1 Å². The van der Waals surface area contributed by atoms with Gasteiger partial charge in [0.25, 0.3) is 0 Å². The Kier molecular flexibility index (Phi) is 3.42. The molecule has 1 aliphatic heterocycles. The van der Waals surface area contributed by atoms with E-state index in [9.17, 15) is 13.2 Å². The minimum absolute atomic E-state index is 0.0121. The Balaban J connectivity index is 2.27. The molecule has 0 spiro atoms. The van der Waals surface area contributed by atoms with Gasteiger partial charge in [-0.2, -0.15) is 13.2 Å². The smallest absolute Gasteiger partial charge is 0.435 e. The molecule has 0 amide bonds. The van der Waals surface area contributed by atoms with Gasteiger partial charge in [0.05, 0.1) is 5.69 Å². The van der Waals surface area contributed by atoms with Crippen LogP contribution in [0.2, 0.25) is 0 Å². The topological polar surface area (TPSA) is 38.1 Å². The quantitative estimate of drug-likeness (QED) is 0.874. The Morgan fingerprint density at radius 2 is 2.24 bits per heavy atom. The summed E-state index contributed by atoms with van der Waals surface area (Å²) >= 11 is 0. The number of piperidine rings is 1. The summed E-state index contributed by atoms with van der Waals surface area (Å²) < 4.78 is 42.9. The third-order valence-electron chi connectivity index (χ3n) is 2.95. The first-order valence-electron chi connectivity index (χ1n) is 5.80. The highest BCUT2D eigenvalue weighted by atomic mass is 19.4. The molecule has 0 aromatic carbocycles. The van der Waals surface area contributed by atoms with Crippen molar-refractivity contribution >= 4 is 0 Å². The number of hydrogen-bond acceptors (Lipinski definition) is 3. The minimum Gasteiger partial charge on any atom is -0.435 e. The van der Waals surface area contributed by atoms with Crippen LogP contribution >= 0.6 is 0 Å². The highest BCUT2D eigenvalue weighted by Gasteiger charge is 2.39. The first-order chi connectivity index (χ1) is 8.02. The third-order valence-corrected chi connectivity index (χ3v) is 2.95. The highest BCUT2D eigenvalue weighted by molar-refractivity contribution is 5.15. The summed E-state index contributed by atoms with van der Waals surface area (Å²) in [5, 5.41) is 3.14. The minimum atomic E-state index is -4.45. The van der Waals surface area contributed by atoms with Gasteiger partial charge in [0.2, 0.25) is 5.76 Å². The van der Waals surface area contributed by atoms with Gasteiger partial charge >= 0.3 is 6.18 Å². The van der Waals surface area contributed by atoms with E-state index in [1.165, 1.54) is 0 Å². The maximum absolute atomic E-state index is 12.7. The van der Waals surface area contributed by atoms with Crippen LogP contribution in [0.5, 0.6) is 0 Å². The molecule has 1 N–H and O–H groups in total. The molecule has 1 atom stereocenters. The number of aryl methyl sites for hydroxylation is 1. The fraction of sp³-hybridized carbons (Fsp3) is 0.727. The molecule has 3 nitrogen and oxygen atoms in total. The fourth-order valence-corrected chi connectivity index (χ4v) is 2.07. The van der Waals surface area contributed by atoms with Crippen LogP contribution in [0.4, 0.5) is 13.2 Å². The molecule has 1 aromatic rings. The molecule has 2 rings (SSSR count). The van der Waals surface area contributed by atoms with E-state index in [0.717, 1.165) is 19.4 Å². The molecular formula is C11H15F3N2O. The molecule has 0 saturated carbocycles. The number of aromatic nitrogens is 1. The summed E-state index contributed by atoms with van der Waals surface area (Å²) in [4.78, 5) is 3.99. The average Bonchev–Trinajstić information content (AvgIpc) is 2.74. The predicted molar refractivity (Wildman–Crippen MR) is 55.7 cm³/mol. The number of rotatable bonds is 2. The molecule has 0 bridgehead atoms. The zero-order valence-electron chi connectivity index (χ0n) is 9.60. The van der Waals surface area contributed by atoms with Crippen molar-refractivity contribution in [1.82, 2.24) is 10.3 Å². The van der Waals surface area contributed by atoms with E-state index in [2.05, 4.69) is 10.3 Å². The zero-order valence-corrected chi connectivity index (χ0v) is 9.60. The van der Waals surface area contributed by atoms with Crippen molar-refractivity contribution in [2.75, 3.05) is 13.1 Å². The van der Waals surface area contributed by atoms with Crippen molar-refractivity contribution in [3.63, 3.8) is 0 Å². The monoisotopic (exact) mass is 248 g/mol. The van der Waals surface area contributed by atoms with Crippen LogP contribution in [0.25, 0.3) is 0 Å². The number of nitrogens with zero attached hydrogens (tertiary/aromatic N) is 1. The summed E-state index contributed by atoms with van der Waals surface area (Å²) in [5.41, 5.74) is 0.0121. The lowest BCUT2D eigenvalue weighted by atomic mass is 10.00. The van der Waals surface area contributed by atoms with Gasteiger partial charge in [-0.25, -0.2) is 4.98 Å². The van der Waals surface area contributed by atoms with E-state index in [1.807, 2.05) is 0 Å². The summed E-state index contributed by atoms with van der Waals surface area (Å²) in [6.07, 6.45) is -2.44. The van der Waals surface area contributed by atoms with Crippen LogP contribution in [0.1, 0.15) is 43.0 Å². The van der Waals surface area contributed by atoms with Crippen molar-refractivity contribution in [3.05, 3.63) is 17.3 Å². The van der Waals surface area contributed by atoms with E-state index >= 15 is 0 Å². The van der Waals surface area contributed by atoms with E-state index in [4.69, 9.17) is 4.42 Å². The molecule has 2 heterocycles. The lowest BCUT2D eigenvalue weighted by Crippen LogP contribution is -2.28. The van der Waals surface area contributed by atoms with Crippen molar-refractivity contribution < 1.29 is 17.6 Å². The maximum Gasteiger partial charge on any atom is 0.451 e. The second-order valence-electron chi connectivity index (χ2n) is 4.22. The first-order valence-corrected chi connectivity index (χ1v) is 5.80. The SMILES string of the molecule is CCc1nc(C2CCCNC2)oc1C(F)(F)F. The summed E-state index contributed by atoms with van der Waals surface area (Å²) in [6.45, 7) is 3.20. The van der Waals surface area contributed by atoms with Gasteiger partial charge in [-0.1, -0.05) is 6.92 Å². The van der Waals surface area contributed by atoms with Crippen LogP contribution in [-0.2, 0) is 12.6 Å². The van der Waals surface area contributed by atoms with Crippen LogP contribution in [0.15, 0.2) is 4.42 Å².